The molecule has 0 fully saturated rings. The van der Waals surface area contributed by atoms with Crippen LogP contribution in [0.15, 0.2) is 16.6 Å². The van der Waals surface area contributed by atoms with Crippen molar-refractivity contribution in [3.05, 3.63) is 22.2 Å². The lowest BCUT2D eigenvalue weighted by Gasteiger charge is -2.17. The summed E-state index contributed by atoms with van der Waals surface area (Å²) in [5.74, 6) is 1.32. The largest absolute Gasteiger partial charge is 0.495 e. The summed E-state index contributed by atoms with van der Waals surface area (Å²) in [7, 11) is 3.14. The van der Waals surface area contributed by atoms with Gasteiger partial charge < -0.3 is 14.2 Å². The highest BCUT2D eigenvalue weighted by molar-refractivity contribution is 9.10. The Hall–Kier alpha value is -0.400. The van der Waals surface area contributed by atoms with Gasteiger partial charge >= 0.3 is 0 Å². The lowest BCUT2D eigenvalue weighted by atomic mass is 10.1. The van der Waals surface area contributed by atoms with Gasteiger partial charge in [0.1, 0.15) is 22.6 Å². The van der Waals surface area contributed by atoms with E-state index in [1.165, 1.54) is 0 Å². The van der Waals surface area contributed by atoms with Crippen molar-refractivity contribution in [2.75, 3.05) is 27.4 Å². The summed E-state index contributed by atoms with van der Waals surface area (Å²) in [6.07, 6.45) is -1.88. The minimum Gasteiger partial charge on any atom is -0.495 e. The molecule has 0 aliphatic carbocycles. The Morgan fingerprint density at radius 3 is 2.45 bits per heavy atom. The summed E-state index contributed by atoms with van der Waals surface area (Å²) in [6, 6.07) is 3.69. The molecule has 3 nitrogen and oxygen atoms in total. The maximum absolute atomic E-state index is 12.0. The molecule has 0 aliphatic rings. The highest BCUT2D eigenvalue weighted by Crippen LogP contribution is 2.42. The predicted molar refractivity (Wildman–Crippen MR) is 80.4 cm³/mol. The van der Waals surface area contributed by atoms with E-state index in [9.17, 15) is 8.78 Å². The van der Waals surface area contributed by atoms with Gasteiger partial charge in [0, 0.05) is 17.0 Å². The average Bonchev–Trinajstić information content (AvgIpc) is 2.42. The van der Waals surface area contributed by atoms with E-state index in [0.717, 1.165) is 10.0 Å². The number of methoxy groups -OCH3 is 2. The summed E-state index contributed by atoms with van der Waals surface area (Å²) < 4.78 is 40.1. The van der Waals surface area contributed by atoms with Crippen LogP contribution in [0.1, 0.15) is 16.8 Å². The minimum atomic E-state index is -2.44. The lowest BCUT2D eigenvalue weighted by Crippen LogP contribution is -2.07. The lowest BCUT2D eigenvalue weighted by molar-refractivity contribution is 0.0167. The van der Waals surface area contributed by atoms with Crippen LogP contribution in [0.25, 0.3) is 0 Å². The molecule has 0 aliphatic heterocycles. The van der Waals surface area contributed by atoms with Crippen LogP contribution in [0.2, 0.25) is 0 Å². The molecule has 114 valence electrons. The zero-order valence-corrected chi connectivity index (χ0v) is 14.3. The minimum absolute atomic E-state index is 0.0580. The summed E-state index contributed by atoms with van der Waals surface area (Å²) in [6.45, 7) is -0.295. The molecule has 7 heteroatoms. The van der Waals surface area contributed by atoms with Crippen LogP contribution in [0, 0.1) is 0 Å². The van der Waals surface area contributed by atoms with Crippen LogP contribution >= 0.6 is 31.9 Å². The van der Waals surface area contributed by atoms with Crippen LogP contribution in [0.3, 0.4) is 0 Å². The third kappa shape index (κ3) is 4.86. The molecule has 0 N–H and O–H groups in total. The highest BCUT2D eigenvalue weighted by atomic mass is 79.9. The predicted octanol–water partition coefficient (Wildman–Crippen LogP) is 4.57. The molecular formula is C13H16Br2F2O3. The average molecular weight is 418 g/mol. The van der Waals surface area contributed by atoms with E-state index >= 15 is 0 Å². The molecule has 20 heavy (non-hydrogen) atoms. The molecule has 0 saturated carbocycles. The maximum Gasteiger partial charge on any atom is 0.261 e. The smallest absolute Gasteiger partial charge is 0.261 e. The number of ether oxygens (including phenoxy) is 3. The molecule has 0 heterocycles. The number of hydrogen-bond acceptors (Lipinski definition) is 3. The van der Waals surface area contributed by atoms with Crippen LogP contribution in [-0.2, 0) is 4.74 Å². The number of halogens is 4. The van der Waals surface area contributed by atoms with E-state index < -0.39 is 13.0 Å². The summed E-state index contributed by atoms with van der Waals surface area (Å²) >= 11 is 6.94. The monoisotopic (exact) mass is 416 g/mol. The van der Waals surface area contributed by atoms with Gasteiger partial charge in [-0.05, 0) is 28.4 Å². The fourth-order valence-corrected chi connectivity index (χ4v) is 2.91. The van der Waals surface area contributed by atoms with Crippen molar-refractivity contribution in [1.29, 1.82) is 0 Å². The Morgan fingerprint density at radius 2 is 1.90 bits per heavy atom. The zero-order chi connectivity index (χ0) is 15.1. The fourth-order valence-electron chi connectivity index (χ4n) is 1.68. The summed E-state index contributed by atoms with van der Waals surface area (Å²) in [5.41, 5.74) is 0.904. The second-order valence-electron chi connectivity index (χ2n) is 3.93. The van der Waals surface area contributed by atoms with Crippen molar-refractivity contribution in [1.82, 2.24) is 0 Å². The fraction of sp³-hybridized carbons (Fsp3) is 0.538. The molecular weight excluding hydrogens is 402 g/mol. The molecule has 0 saturated heterocycles. The SMILES string of the molecule is COc1ccc(C(Br)CCOCC(F)F)c(OC)c1Br. The Labute approximate surface area is 133 Å². The number of benzene rings is 1. The number of hydrogen-bond donors (Lipinski definition) is 0. The summed E-state index contributed by atoms with van der Waals surface area (Å²) in [4.78, 5) is -0.0580. The van der Waals surface area contributed by atoms with Gasteiger partial charge in [0.15, 0.2) is 0 Å². The third-order valence-electron chi connectivity index (χ3n) is 2.61. The molecule has 0 radical (unpaired) electrons. The van der Waals surface area contributed by atoms with Crippen molar-refractivity contribution in [2.45, 2.75) is 17.7 Å². The van der Waals surface area contributed by atoms with Crippen molar-refractivity contribution >= 4 is 31.9 Å². The first-order valence-electron chi connectivity index (χ1n) is 5.91. The third-order valence-corrected chi connectivity index (χ3v) is 4.32. The Bertz CT molecular complexity index is 430. The molecule has 1 atom stereocenters. The Kier molecular flexibility index (Phi) is 7.76. The molecule has 1 rings (SSSR count). The van der Waals surface area contributed by atoms with Crippen molar-refractivity contribution in [2.24, 2.45) is 0 Å². The highest BCUT2D eigenvalue weighted by Gasteiger charge is 2.18. The van der Waals surface area contributed by atoms with Gasteiger partial charge in [0.2, 0.25) is 0 Å². The molecule has 0 amide bonds. The Balaban J connectivity index is 2.72. The van der Waals surface area contributed by atoms with Gasteiger partial charge in [-0.2, -0.15) is 0 Å². The van der Waals surface area contributed by atoms with E-state index in [2.05, 4.69) is 31.9 Å². The molecule has 1 aromatic rings. The molecule has 0 aromatic heterocycles. The van der Waals surface area contributed by atoms with Crippen LogP contribution in [-0.4, -0.2) is 33.9 Å². The second-order valence-corrected chi connectivity index (χ2v) is 5.82. The van der Waals surface area contributed by atoms with E-state index in [0.29, 0.717) is 17.9 Å². The van der Waals surface area contributed by atoms with E-state index in [1.807, 2.05) is 12.1 Å². The topological polar surface area (TPSA) is 27.7 Å². The van der Waals surface area contributed by atoms with Crippen molar-refractivity contribution in [3.63, 3.8) is 0 Å². The molecule has 0 bridgehead atoms. The van der Waals surface area contributed by atoms with Crippen LogP contribution in [0.4, 0.5) is 8.78 Å². The van der Waals surface area contributed by atoms with Crippen LogP contribution in [0.5, 0.6) is 11.5 Å². The van der Waals surface area contributed by atoms with Crippen molar-refractivity contribution < 1.29 is 23.0 Å². The van der Waals surface area contributed by atoms with Crippen LogP contribution < -0.4 is 9.47 Å². The maximum atomic E-state index is 12.0. The van der Waals surface area contributed by atoms with Gasteiger partial charge in [0.25, 0.3) is 6.43 Å². The first-order chi connectivity index (χ1) is 9.51. The standard InChI is InChI=1S/C13H16Br2F2O3/c1-18-10-4-3-8(13(19-2)12(10)15)9(14)5-6-20-7-11(16)17/h3-4,9,11H,5-7H2,1-2H3. The van der Waals surface area contributed by atoms with E-state index in [-0.39, 0.29) is 11.4 Å². The van der Waals surface area contributed by atoms with E-state index in [4.69, 9.17) is 14.2 Å². The first kappa shape index (κ1) is 17.7. The van der Waals surface area contributed by atoms with Gasteiger partial charge in [0.05, 0.1) is 14.2 Å². The van der Waals surface area contributed by atoms with Gasteiger partial charge in [-0.1, -0.05) is 22.0 Å². The number of alkyl halides is 3. The first-order valence-corrected chi connectivity index (χ1v) is 7.62. The molecule has 0 spiro atoms. The normalized spacial score (nSPS) is 12.6. The van der Waals surface area contributed by atoms with E-state index in [1.54, 1.807) is 14.2 Å². The number of rotatable bonds is 8. The molecule has 1 unspecified atom stereocenters. The molecule has 1 aromatic carbocycles. The van der Waals surface area contributed by atoms with Gasteiger partial charge in [-0.15, -0.1) is 0 Å². The van der Waals surface area contributed by atoms with Crippen molar-refractivity contribution in [3.8, 4) is 11.5 Å². The van der Waals surface area contributed by atoms with Gasteiger partial charge in [-0.25, -0.2) is 8.78 Å². The Morgan fingerprint density at radius 1 is 1.20 bits per heavy atom. The quantitative estimate of drug-likeness (QED) is 0.458. The summed E-state index contributed by atoms with van der Waals surface area (Å²) in [5, 5.41) is 0. The second kappa shape index (κ2) is 8.79. The zero-order valence-electron chi connectivity index (χ0n) is 11.2. The van der Waals surface area contributed by atoms with Gasteiger partial charge in [-0.3, -0.25) is 0 Å².